The van der Waals surface area contributed by atoms with Crippen molar-refractivity contribution in [2.45, 2.75) is 19.4 Å². The second-order valence-corrected chi connectivity index (χ2v) is 6.49. The molecule has 1 aliphatic rings. The van der Waals surface area contributed by atoms with Crippen LogP contribution < -0.4 is 15.0 Å². The van der Waals surface area contributed by atoms with Crippen molar-refractivity contribution in [1.82, 2.24) is 5.32 Å². The van der Waals surface area contributed by atoms with Crippen molar-refractivity contribution in [2.75, 3.05) is 18.1 Å². The van der Waals surface area contributed by atoms with Gasteiger partial charge in [-0.3, -0.25) is 9.59 Å². The van der Waals surface area contributed by atoms with E-state index in [-0.39, 0.29) is 24.5 Å². The molecule has 0 bridgehead atoms. The second kappa shape index (κ2) is 7.57. The molecule has 6 heteroatoms. The van der Waals surface area contributed by atoms with Crippen LogP contribution >= 0.6 is 11.6 Å². The van der Waals surface area contributed by atoms with E-state index in [1.165, 1.54) is 0 Å². The summed E-state index contributed by atoms with van der Waals surface area (Å²) in [5.41, 5.74) is 1.99. The molecular weight excluding hydrogens is 340 g/mol. The van der Waals surface area contributed by atoms with Gasteiger partial charge in [-0.2, -0.15) is 0 Å². The van der Waals surface area contributed by atoms with Gasteiger partial charge in [0.05, 0.1) is 6.04 Å². The van der Waals surface area contributed by atoms with Crippen molar-refractivity contribution < 1.29 is 14.3 Å². The zero-order chi connectivity index (χ0) is 17.8. The lowest BCUT2D eigenvalue weighted by Crippen LogP contribution is -2.39. The van der Waals surface area contributed by atoms with Crippen molar-refractivity contribution in [3.05, 3.63) is 59.1 Å². The van der Waals surface area contributed by atoms with Gasteiger partial charge in [-0.25, -0.2) is 0 Å². The van der Waals surface area contributed by atoms with Gasteiger partial charge in [0.2, 0.25) is 5.91 Å². The highest BCUT2D eigenvalue weighted by Gasteiger charge is 2.31. The van der Waals surface area contributed by atoms with Crippen molar-refractivity contribution in [3.63, 3.8) is 0 Å². The maximum absolute atomic E-state index is 12.2. The van der Waals surface area contributed by atoms with E-state index in [9.17, 15) is 9.59 Å². The first-order chi connectivity index (χ1) is 12.0. The molecule has 130 valence electrons. The number of benzene rings is 2. The third-order valence-electron chi connectivity index (χ3n) is 4.02. The lowest BCUT2D eigenvalue weighted by Gasteiger charge is -2.17. The predicted molar refractivity (Wildman–Crippen MR) is 97.0 cm³/mol. The van der Waals surface area contributed by atoms with E-state index in [1.54, 1.807) is 29.2 Å². The van der Waals surface area contributed by atoms with Gasteiger partial charge in [0.1, 0.15) is 5.75 Å². The quantitative estimate of drug-likeness (QED) is 0.894. The zero-order valence-electron chi connectivity index (χ0n) is 13.9. The fraction of sp³-hybridized carbons (Fsp3) is 0.263. The Morgan fingerprint density at radius 1 is 1.20 bits per heavy atom. The molecule has 0 saturated carbocycles. The smallest absolute Gasteiger partial charge is 0.258 e. The molecule has 1 N–H and O–H groups in total. The van der Waals surface area contributed by atoms with Crippen LogP contribution in [0.5, 0.6) is 5.75 Å². The molecule has 0 spiro atoms. The Labute approximate surface area is 151 Å². The number of halogens is 1. The zero-order valence-corrected chi connectivity index (χ0v) is 14.6. The predicted octanol–water partition coefficient (Wildman–Crippen LogP) is 2.95. The Hall–Kier alpha value is -2.53. The molecule has 1 fully saturated rings. The summed E-state index contributed by atoms with van der Waals surface area (Å²) < 4.78 is 5.42. The van der Waals surface area contributed by atoms with Gasteiger partial charge in [0.25, 0.3) is 5.91 Å². The minimum Gasteiger partial charge on any atom is -0.484 e. The molecule has 0 aliphatic carbocycles. The summed E-state index contributed by atoms with van der Waals surface area (Å²) in [6, 6.07) is 14.4. The minimum absolute atomic E-state index is 0.00720. The third-order valence-corrected chi connectivity index (χ3v) is 4.27. The molecule has 5 nitrogen and oxygen atoms in total. The molecule has 25 heavy (non-hydrogen) atoms. The highest BCUT2D eigenvalue weighted by atomic mass is 35.5. The number of hydrogen-bond donors (Lipinski definition) is 1. The maximum atomic E-state index is 12.2. The minimum atomic E-state index is -0.251. The van der Waals surface area contributed by atoms with Crippen molar-refractivity contribution in [2.24, 2.45) is 0 Å². The molecule has 1 aliphatic heterocycles. The van der Waals surface area contributed by atoms with Crippen LogP contribution in [0.3, 0.4) is 0 Å². The van der Waals surface area contributed by atoms with Crippen molar-refractivity contribution >= 4 is 29.1 Å². The normalized spacial score (nSPS) is 16.8. The molecule has 3 rings (SSSR count). The van der Waals surface area contributed by atoms with Crippen LogP contribution in [0, 0.1) is 6.92 Å². The molecule has 0 radical (unpaired) electrons. The largest absolute Gasteiger partial charge is 0.484 e. The number of ether oxygens (including phenoxy) is 1. The first-order valence-corrected chi connectivity index (χ1v) is 8.44. The molecule has 0 aromatic heterocycles. The summed E-state index contributed by atoms with van der Waals surface area (Å²) in [7, 11) is 0. The van der Waals surface area contributed by atoms with E-state index in [1.807, 2.05) is 31.2 Å². The van der Waals surface area contributed by atoms with E-state index in [0.29, 0.717) is 23.7 Å². The van der Waals surface area contributed by atoms with Crippen LogP contribution in [0.25, 0.3) is 0 Å². The number of anilines is 1. The number of carbonyl (C=O) groups is 2. The van der Waals surface area contributed by atoms with Crippen LogP contribution in [-0.4, -0.2) is 31.0 Å². The van der Waals surface area contributed by atoms with Crippen LogP contribution in [0.1, 0.15) is 12.0 Å². The van der Waals surface area contributed by atoms with E-state index in [0.717, 1.165) is 11.3 Å². The van der Waals surface area contributed by atoms with E-state index < -0.39 is 0 Å². The molecule has 1 heterocycles. The summed E-state index contributed by atoms with van der Waals surface area (Å²) in [4.78, 5) is 25.9. The van der Waals surface area contributed by atoms with Gasteiger partial charge in [-0.05, 0) is 43.3 Å². The summed E-state index contributed by atoms with van der Waals surface area (Å²) >= 11 is 5.80. The topological polar surface area (TPSA) is 58.6 Å². The SMILES string of the molecule is Cc1ccc(N2C[C@@H](NC(=O)COc3ccc(Cl)cc3)CC2=O)cc1. The van der Waals surface area contributed by atoms with Crippen LogP contribution in [-0.2, 0) is 9.59 Å². The Morgan fingerprint density at radius 2 is 1.88 bits per heavy atom. The number of rotatable bonds is 5. The number of nitrogens with one attached hydrogen (secondary N) is 1. The lowest BCUT2D eigenvalue weighted by atomic mass is 10.2. The average Bonchev–Trinajstić information content (AvgIpc) is 2.95. The van der Waals surface area contributed by atoms with Crippen molar-refractivity contribution in [3.8, 4) is 5.75 Å². The molecule has 2 aromatic rings. The molecule has 2 amide bonds. The molecule has 1 atom stereocenters. The summed E-state index contributed by atoms with van der Waals surface area (Å²) in [5.74, 6) is 0.328. The third kappa shape index (κ3) is 4.51. The molecular formula is C19H19ClN2O3. The first-order valence-electron chi connectivity index (χ1n) is 8.06. The molecule has 2 aromatic carbocycles. The van der Waals surface area contributed by atoms with Gasteiger partial charge in [0.15, 0.2) is 6.61 Å². The van der Waals surface area contributed by atoms with E-state index >= 15 is 0 Å². The maximum Gasteiger partial charge on any atom is 0.258 e. The summed E-state index contributed by atoms with van der Waals surface area (Å²) in [5, 5.41) is 3.46. The fourth-order valence-corrected chi connectivity index (χ4v) is 2.85. The van der Waals surface area contributed by atoms with Crippen molar-refractivity contribution in [1.29, 1.82) is 0 Å². The van der Waals surface area contributed by atoms with Crippen LogP contribution in [0.2, 0.25) is 5.02 Å². The average molecular weight is 359 g/mol. The Balaban J connectivity index is 1.51. The number of aryl methyl sites for hydroxylation is 1. The van der Waals surface area contributed by atoms with Gasteiger partial charge >= 0.3 is 0 Å². The highest BCUT2D eigenvalue weighted by Crippen LogP contribution is 2.22. The Bertz CT molecular complexity index is 759. The van der Waals surface area contributed by atoms with Gasteiger partial charge in [-0.1, -0.05) is 29.3 Å². The number of hydrogen-bond acceptors (Lipinski definition) is 3. The summed E-state index contributed by atoms with van der Waals surface area (Å²) in [6.07, 6.45) is 0.292. The number of nitrogens with zero attached hydrogens (tertiary/aromatic N) is 1. The number of amides is 2. The fourth-order valence-electron chi connectivity index (χ4n) is 2.73. The Kier molecular flexibility index (Phi) is 5.24. The number of carbonyl (C=O) groups excluding carboxylic acids is 2. The van der Waals surface area contributed by atoms with Crippen LogP contribution in [0.15, 0.2) is 48.5 Å². The van der Waals surface area contributed by atoms with E-state index in [2.05, 4.69) is 5.32 Å². The molecule has 1 saturated heterocycles. The summed E-state index contributed by atoms with van der Waals surface area (Å²) in [6.45, 7) is 2.37. The van der Waals surface area contributed by atoms with Crippen LogP contribution in [0.4, 0.5) is 5.69 Å². The first kappa shape index (κ1) is 17.3. The Morgan fingerprint density at radius 3 is 2.56 bits per heavy atom. The highest BCUT2D eigenvalue weighted by molar-refractivity contribution is 6.30. The second-order valence-electron chi connectivity index (χ2n) is 6.05. The van der Waals surface area contributed by atoms with Gasteiger partial charge < -0.3 is 15.0 Å². The monoisotopic (exact) mass is 358 g/mol. The van der Waals surface area contributed by atoms with E-state index in [4.69, 9.17) is 16.3 Å². The lowest BCUT2D eigenvalue weighted by molar-refractivity contribution is -0.123. The molecule has 0 unspecified atom stereocenters. The van der Waals surface area contributed by atoms with Gasteiger partial charge in [0, 0.05) is 23.7 Å². The van der Waals surface area contributed by atoms with Gasteiger partial charge in [-0.15, -0.1) is 0 Å². The standard InChI is InChI=1S/C19H19ClN2O3/c1-13-2-6-16(7-3-13)22-11-15(10-19(22)24)21-18(23)12-25-17-8-4-14(20)5-9-17/h2-9,15H,10-12H2,1H3,(H,21,23)/t15-/m0/s1.